The van der Waals surface area contributed by atoms with Crippen molar-refractivity contribution in [1.29, 1.82) is 0 Å². The molecule has 74 valence electrons. The van der Waals surface area contributed by atoms with Crippen LogP contribution in [-0.2, 0) is 14.2 Å². The molecule has 0 aromatic heterocycles. The van der Waals surface area contributed by atoms with E-state index < -0.39 is 0 Å². The van der Waals surface area contributed by atoms with E-state index in [2.05, 4.69) is 6.58 Å². The fraction of sp³-hybridized carbons (Fsp3) is 0.800. The predicted octanol–water partition coefficient (Wildman–Crippen LogP) is 0.994. The average molecular weight is 184 g/mol. The zero-order valence-electron chi connectivity index (χ0n) is 7.83. The van der Waals surface area contributed by atoms with Crippen molar-refractivity contribution in [2.75, 3.05) is 33.0 Å². The van der Waals surface area contributed by atoms with Crippen molar-refractivity contribution in [2.45, 2.75) is 12.5 Å². The Balaban J connectivity index is 1.66. The van der Waals surface area contributed by atoms with Gasteiger partial charge in [0.05, 0.1) is 33.0 Å². The Kier molecular flexibility index (Phi) is 2.67. The van der Waals surface area contributed by atoms with Crippen LogP contribution < -0.4 is 0 Å². The molecule has 0 saturated carbocycles. The normalized spacial score (nSPS) is 29.4. The Morgan fingerprint density at radius 3 is 2.77 bits per heavy atom. The third kappa shape index (κ3) is 2.30. The minimum absolute atomic E-state index is 0.219. The number of epoxide rings is 1. The summed E-state index contributed by atoms with van der Waals surface area (Å²) in [7, 11) is 0. The van der Waals surface area contributed by atoms with E-state index in [1.807, 2.05) is 6.08 Å². The maximum atomic E-state index is 5.56. The molecule has 0 radical (unpaired) electrons. The summed E-state index contributed by atoms with van der Waals surface area (Å²) in [6.07, 6.45) is 3.29. The van der Waals surface area contributed by atoms with E-state index in [-0.39, 0.29) is 5.41 Å². The van der Waals surface area contributed by atoms with Crippen LogP contribution in [0.15, 0.2) is 12.7 Å². The first-order chi connectivity index (χ1) is 6.35. The minimum Gasteiger partial charge on any atom is -0.380 e. The van der Waals surface area contributed by atoms with E-state index in [0.29, 0.717) is 6.10 Å². The monoisotopic (exact) mass is 184 g/mol. The topological polar surface area (TPSA) is 31.0 Å². The van der Waals surface area contributed by atoms with Gasteiger partial charge in [-0.3, -0.25) is 0 Å². The second-order valence-electron chi connectivity index (χ2n) is 3.96. The van der Waals surface area contributed by atoms with Crippen molar-refractivity contribution in [3.63, 3.8) is 0 Å². The molecule has 2 aliphatic rings. The smallest absolute Gasteiger partial charge is 0.104 e. The summed E-state index contributed by atoms with van der Waals surface area (Å²) >= 11 is 0. The highest BCUT2D eigenvalue weighted by atomic mass is 16.6. The standard InChI is InChI=1S/C10H16O3/c1-2-3-10(7-12-8-10)6-11-4-9-5-13-9/h2,9H,1,3-8H2. The summed E-state index contributed by atoms with van der Waals surface area (Å²) in [5.74, 6) is 0. The summed E-state index contributed by atoms with van der Waals surface area (Å²) in [6, 6.07) is 0. The molecular weight excluding hydrogens is 168 g/mol. The molecule has 13 heavy (non-hydrogen) atoms. The van der Waals surface area contributed by atoms with Crippen LogP contribution in [0.2, 0.25) is 0 Å². The molecule has 1 atom stereocenters. The maximum absolute atomic E-state index is 5.56. The van der Waals surface area contributed by atoms with Gasteiger partial charge in [-0.25, -0.2) is 0 Å². The molecule has 2 saturated heterocycles. The van der Waals surface area contributed by atoms with Gasteiger partial charge in [-0.05, 0) is 6.42 Å². The van der Waals surface area contributed by atoms with Gasteiger partial charge in [0.1, 0.15) is 6.10 Å². The maximum Gasteiger partial charge on any atom is 0.104 e. The lowest BCUT2D eigenvalue weighted by atomic mass is 9.83. The number of allylic oxidation sites excluding steroid dienone is 1. The number of rotatable bonds is 6. The van der Waals surface area contributed by atoms with Gasteiger partial charge in [0, 0.05) is 5.41 Å². The van der Waals surface area contributed by atoms with Gasteiger partial charge in [-0.2, -0.15) is 0 Å². The third-order valence-corrected chi connectivity index (χ3v) is 2.51. The Hall–Kier alpha value is -0.380. The quantitative estimate of drug-likeness (QED) is 0.455. The van der Waals surface area contributed by atoms with Crippen molar-refractivity contribution in [3.05, 3.63) is 12.7 Å². The van der Waals surface area contributed by atoms with Gasteiger partial charge >= 0.3 is 0 Å². The lowest BCUT2D eigenvalue weighted by Gasteiger charge is -2.40. The van der Waals surface area contributed by atoms with Crippen LogP contribution in [0.1, 0.15) is 6.42 Å². The summed E-state index contributed by atoms with van der Waals surface area (Å²) < 4.78 is 15.8. The van der Waals surface area contributed by atoms with Crippen LogP contribution in [0.4, 0.5) is 0 Å². The predicted molar refractivity (Wildman–Crippen MR) is 48.6 cm³/mol. The van der Waals surface area contributed by atoms with Crippen LogP contribution in [-0.4, -0.2) is 39.1 Å². The first-order valence-corrected chi connectivity index (χ1v) is 4.73. The van der Waals surface area contributed by atoms with Gasteiger partial charge in [0.2, 0.25) is 0 Å². The molecule has 0 aromatic carbocycles. The van der Waals surface area contributed by atoms with Crippen LogP contribution in [0, 0.1) is 5.41 Å². The first kappa shape index (κ1) is 9.19. The third-order valence-electron chi connectivity index (χ3n) is 2.51. The molecule has 3 heteroatoms. The largest absolute Gasteiger partial charge is 0.380 e. The molecule has 0 bridgehead atoms. The zero-order chi connectivity index (χ0) is 9.15. The summed E-state index contributed by atoms with van der Waals surface area (Å²) in [6.45, 7) is 7.75. The van der Waals surface area contributed by atoms with Crippen LogP contribution in [0.25, 0.3) is 0 Å². The molecule has 1 unspecified atom stereocenters. The van der Waals surface area contributed by atoms with Crippen LogP contribution >= 0.6 is 0 Å². The fourth-order valence-electron chi connectivity index (χ4n) is 1.53. The molecular formula is C10H16O3. The zero-order valence-corrected chi connectivity index (χ0v) is 7.83. The minimum atomic E-state index is 0.219. The van der Waals surface area contributed by atoms with Crippen molar-refractivity contribution in [2.24, 2.45) is 5.41 Å². The first-order valence-electron chi connectivity index (χ1n) is 4.73. The van der Waals surface area contributed by atoms with E-state index >= 15 is 0 Å². The molecule has 3 nitrogen and oxygen atoms in total. The molecule has 0 spiro atoms. The van der Waals surface area contributed by atoms with Gasteiger partial charge in [-0.15, -0.1) is 6.58 Å². The molecule has 2 aliphatic heterocycles. The van der Waals surface area contributed by atoms with E-state index in [0.717, 1.165) is 39.5 Å². The van der Waals surface area contributed by atoms with Crippen molar-refractivity contribution >= 4 is 0 Å². The second kappa shape index (κ2) is 3.78. The van der Waals surface area contributed by atoms with E-state index in [1.165, 1.54) is 0 Å². The number of ether oxygens (including phenoxy) is 3. The summed E-state index contributed by atoms with van der Waals surface area (Å²) in [5.41, 5.74) is 0.219. The van der Waals surface area contributed by atoms with E-state index in [1.54, 1.807) is 0 Å². The van der Waals surface area contributed by atoms with Crippen molar-refractivity contribution in [3.8, 4) is 0 Å². The van der Waals surface area contributed by atoms with E-state index in [4.69, 9.17) is 14.2 Å². The molecule has 0 aliphatic carbocycles. The lowest BCUT2D eigenvalue weighted by Crippen LogP contribution is -2.46. The Morgan fingerprint density at radius 1 is 1.54 bits per heavy atom. The Bertz CT molecular complexity index is 183. The van der Waals surface area contributed by atoms with Gasteiger partial charge in [0.25, 0.3) is 0 Å². The van der Waals surface area contributed by atoms with Gasteiger partial charge in [0.15, 0.2) is 0 Å². The number of hydrogen-bond donors (Lipinski definition) is 0. The van der Waals surface area contributed by atoms with Crippen molar-refractivity contribution < 1.29 is 14.2 Å². The molecule has 2 heterocycles. The van der Waals surface area contributed by atoms with Crippen LogP contribution in [0.3, 0.4) is 0 Å². The summed E-state index contributed by atoms with van der Waals surface area (Å²) in [5, 5.41) is 0. The average Bonchev–Trinajstić information content (AvgIpc) is 2.83. The molecule has 2 rings (SSSR count). The highest BCUT2D eigenvalue weighted by Crippen LogP contribution is 2.32. The second-order valence-corrected chi connectivity index (χ2v) is 3.96. The number of hydrogen-bond acceptors (Lipinski definition) is 3. The molecule has 2 fully saturated rings. The fourth-order valence-corrected chi connectivity index (χ4v) is 1.53. The molecule has 0 aromatic rings. The van der Waals surface area contributed by atoms with Crippen molar-refractivity contribution in [1.82, 2.24) is 0 Å². The molecule has 0 amide bonds. The highest BCUT2D eigenvalue weighted by Gasteiger charge is 2.38. The van der Waals surface area contributed by atoms with Crippen LogP contribution in [0.5, 0.6) is 0 Å². The Labute approximate surface area is 78.7 Å². The molecule has 0 N–H and O–H groups in total. The van der Waals surface area contributed by atoms with Gasteiger partial charge < -0.3 is 14.2 Å². The Morgan fingerprint density at radius 2 is 2.31 bits per heavy atom. The SMILES string of the molecule is C=CCC1(COCC2CO2)COC1. The van der Waals surface area contributed by atoms with E-state index in [9.17, 15) is 0 Å². The van der Waals surface area contributed by atoms with Gasteiger partial charge in [-0.1, -0.05) is 6.08 Å². The lowest BCUT2D eigenvalue weighted by molar-refractivity contribution is -0.147. The summed E-state index contributed by atoms with van der Waals surface area (Å²) in [4.78, 5) is 0. The highest BCUT2D eigenvalue weighted by molar-refractivity contribution is 4.91.